The van der Waals surface area contributed by atoms with Crippen LogP contribution in [0.15, 0.2) is 0 Å². The van der Waals surface area contributed by atoms with Gasteiger partial charge in [-0.2, -0.15) is 0 Å². The third-order valence-corrected chi connectivity index (χ3v) is 3.01. The molecule has 3 nitrogen and oxygen atoms in total. The molecule has 0 spiro atoms. The van der Waals surface area contributed by atoms with Gasteiger partial charge in [0.2, 0.25) is 0 Å². The summed E-state index contributed by atoms with van der Waals surface area (Å²) in [6.45, 7) is 6.22. The summed E-state index contributed by atoms with van der Waals surface area (Å²) in [5.74, 6) is 0.606. The van der Waals surface area contributed by atoms with E-state index < -0.39 is 0 Å². The summed E-state index contributed by atoms with van der Waals surface area (Å²) >= 11 is 0. The zero-order valence-electron chi connectivity index (χ0n) is 10.2. The van der Waals surface area contributed by atoms with E-state index in [1.54, 1.807) is 7.11 Å². The molecule has 1 fully saturated rings. The van der Waals surface area contributed by atoms with Crippen LogP contribution in [0.1, 0.15) is 40.0 Å². The fraction of sp³-hybridized carbons (Fsp3) is 0.909. The molecule has 0 amide bonds. The predicted octanol–water partition coefficient (Wildman–Crippen LogP) is 1.54. The van der Waals surface area contributed by atoms with Gasteiger partial charge in [-0.15, -0.1) is 0 Å². The Morgan fingerprint density at radius 2 is 2.07 bits per heavy atom. The van der Waals surface area contributed by atoms with Crippen LogP contribution in [-0.4, -0.2) is 26.6 Å². The Morgan fingerprint density at radius 3 is 2.40 bits per heavy atom. The number of rotatable bonds is 5. The average Bonchev–Trinajstić information content (AvgIpc) is 1.98. The lowest BCUT2D eigenvalue weighted by Gasteiger charge is -2.35. The van der Waals surface area contributed by atoms with Gasteiger partial charge in [-0.1, -0.05) is 27.2 Å². The number of carbonyl (C=O) groups excluding carboxylic acids is 1. The van der Waals surface area contributed by atoms with Crippen LogP contribution in [-0.2, 0) is 9.45 Å². The van der Waals surface area contributed by atoms with E-state index in [0.717, 1.165) is 12.8 Å². The number of Topliss-reactive ketones (excluding diaryl/α,β-unsaturated/α-hetero) is 1. The second-order valence-corrected chi connectivity index (χ2v) is 5.35. The van der Waals surface area contributed by atoms with Crippen LogP contribution >= 0.6 is 0 Å². The Labute approximate surface area is 93.3 Å². The Hall–Kier alpha value is -0.345. The second kappa shape index (κ2) is 5.13. The van der Waals surface area contributed by atoms with E-state index in [2.05, 4.69) is 26.0 Å². The van der Waals surface area contributed by atoms with Crippen LogP contribution in [0.25, 0.3) is 0 Å². The Balaban J connectivity index is 2.58. The van der Waals surface area contributed by atoms with Crippen LogP contribution < -0.4 is 5.23 Å². The third-order valence-electron chi connectivity index (χ3n) is 3.01. The molecule has 0 unspecified atom stereocenters. The van der Waals surface area contributed by atoms with Crippen LogP contribution in [0.2, 0.25) is 0 Å². The summed E-state index contributed by atoms with van der Waals surface area (Å²) < 4.78 is 4.86. The van der Waals surface area contributed by atoms with Crippen LogP contribution in [0.5, 0.6) is 0 Å². The molecule has 0 heterocycles. The van der Waals surface area contributed by atoms with E-state index >= 15 is 0 Å². The normalized spacial score (nSPS) is 19.5. The Bertz CT molecular complexity index is 221. The maximum atomic E-state index is 12.1. The van der Waals surface area contributed by atoms with Gasteiger partial charge in [-0.25, -0.2) is 0 Å². The van der Waals surface area contributed by atoms with Gasteiger partial charge in [-0.3, -0.25) is 4.79 Å². The highest BCUT2D eigenvalue weighted by atomic mass is 16.4. The zero-order chi connectivity index (χ0) is 11.5. The lowest BCUT2D eigenvalue weighted by Crippen LogP contribution is -2.51. The molecule has 85 valence electrons. The molecular formula is C11H21BNO2. The lowest BCUT2D eigenvalue weighted by molar-refractivity contribution is -0.129. The summed E-state index contributed by atoms with van der Waals surface area (Å²) in [6.07, 6.45) is 3.31. The van der Waals surface area contributed by atoms with Crippen molar-refractivity contribution in [2.24, 2.45) is 11.3 Å². The maximum Gasteiger partial charge on any atom is 0.396 e. The monoisotopic (exact) mass is 210 g/mol. The largest absolute Gasteiger partial charge is 0.427 e. The fourth-order valence-electron chi connectivity index (χ4n) is 1.82. The highest BCUT2D eigenvalue weighted by Crippen LogP contribution is 2.32. The predicted molar refractivity (Wildman–Crippen MR) is 61.5 cm³/mol. The molecule has 1 aliphatic carbocycles. The van der Waals surface area contributed by atoms with Crippen molar-refractivity contribution in [3.05, 3.63) is 0 Å². The van der Waals surface area contributed by atoms with Gasteiger partial charge in [0.25, 0.3) is 0 Å². The summed E-state index contributed by atoms with van der Waals surface area (Å²) in [4.78, 5) is 12.1. The first-order chi connectivity index (χ1) is 6.96. The summed E-state index contributed by atoms with van der Waals surface area (Å²) in [5, 5.41) is 3.06. The quantitative estimate of drug-likeness (QED) is 0.699. The minimum absolute atomic E-state index is 0.0678. The second-order valence-electron chi connectivity index (χ2n) is 5.35. The first kappa shape index (κ1) is 12.7. The molecule has 1 radical (unpaired) electrons. The van der Waals surface area contributed by atoms with Gasteiger partial charge in [-0.05, 0) is 18.3 Å². The van der Waals surface area contributed by atoms with E-state index in [1.807, 2.05) is 0 Å². The molecule has 1 N–H and O–H groups in total. The summed E-state index contributed by atoms with van der Waals surface area (Å²) in [5.41, 5.74) is -0.0678. The summed E-state index contributed by atoms with van der Waals surface area (Å²) in [6, 6.07) is -0.136. The summed E-state index contributed by atoms with van der Waals surface area (Å²) in [7, 11) is 3.09. The van der Waals surface area contributed by atoms with Gasteiger partial charge in [0.15, 0.2) is 5.78 Å². The number of hydrogen-bond acceptors (Lipinski definition) is 3. The first-order valence-corrected chi connectivity index (χ1v) is 5.61. The number of carbonyl (C=O) groups is 1. The Morgan fingerprint density at radius 1 is 1.47 bits per heavy atom. The number of ketones is 1. The van der Waals surface area contributed by atoms with Crippen molar-refractivity contribution in [2.75, 3.05) is 7.11 Å². The number of hydrogen-bond donors (Lipinski definition) is 1. The first-order valence-electron chi connectivity index (χ1n) is 5.61. The van der Waals surface area contributed by atoms with Crippen molar-refractivity contribution < 1.29 is 9.45 Å². The van der Waals surface area contributed by atoms with Crippen LogP contribution in [0.4, 0.5) is 0 Å². The molecule has 0 saturated heterocycles. The molecule has 1 saturated carbocycles. The van der Waals surface area contributed by atoms with E-state index in [4.69, 9.17) is 4.65 Å². The van der Waals surface area contributed by atoms with E-state index in [-0.39, 0.29) is 17.4 Å². The zero-order valence-corrected chi connectivity index (χ0v) is 10.2. The molecular weight excluding hydrogens is 189 g/mol. The van der Waals surface area contributed by atoms with Gasteiger partial charge < -0.3 is 9.88 Å². The van der Waals surface area contributed by atoms with Crippen molar-refractivity contribution in [3.63, 3.8) is 0 Å². The smallest absolute Gasteiger partial charge is 0.396 e. The minimum atomic E-state index is -0.136. The lowest BCUT2D eigenvalue weighted by atomic mass is 9.73. The topological polar surface area (TPSA) is 38.3 Å². The highest BCUT2D eigenvalue weighted by Gasteiger charge is 2.37. The van der Waals surface area contributed by atoms with Gasteiger partial charge >= 0.3 is 7.62 Å². The van der Waals surface area contributed by atoms with Gasteiger partial charge in [0.05, 0.1) is 6.04 Å². The minimum Gasteiger partial charge on any atom is -0.427 e. The molecule has 0 aromatic heterocycles. The van der Waals surface area contributed by atoms with Crippen molar-refractivity contribution in [1.82, 2.24) is 5.23 Å². The van der Waals surface area contributed by atoms with Crippen molar-refractivity contribution in [1.29, 1.82) is 0 Å². The van der Waals surface area contributed by atoms with E-state index in [9.17, 15) is 4.79 Å². The molecule has 1 rings (SSSR count). The van der Waals surface area contributed by atoms with Crippen molar-refractivity contribution >= 4 is 13.4 Å². The van der Waals surface area contributed by atoms with E-state index in [0.29, 0.717) is 5.78 Å². The van der Waals surface area contributed by atoms with Crippen LogP contribution in [0, 0.1) is 11.3 Å². The maximum absolute atomic E-state index is 12.1. The molecule has 0 bridgehead atoms. The molecule has 1 atom stereocenters. The van der Waals surface area contributed by atoms with Crippen LogP contribution in [0.3, 0.4) is 0 Å². The fourth-order valence-corrected chi connectivity index (χ4v) is 1.82. The van der Waals surface area contributed by atoms with Gasteiger partial charge in [0, 0.05) is 13.0 Å². The van der Waals surface area contributed by atoms with Crippen molar-refractivity contribution in [3.8, 4) is 0 Å². The molecule has 0 aromatic rings. The molecule has 1 aliphatic rings. The number of nitrogens with one attached hydrogen (secondary N) is 1. The third kappa shape index (κ3) is 3.31. The van der Waals surface area contributed by atoms with Gasteiger partial charge in [0.1, 0.15) is 0 Å². The molecule has 0 aromatic carbocycles. The van der Waals surface area contributed by atoms with E-state index in [1.165, 1.54) is 14.0 Å². The highest BCUT2D eigenvalue weighted by molar-refractivity contribution is 6.24. The SMILES string of the molecule is CO[B]N[C@H](C(=O)C1CCC1)C(C)(C)C. The Kier molecular flexibility index (Phi) is 4.35. The van der Waals surface area contributed by atoms with Crippen molar-refractivity contribution in [2.45, 2.75) is 46.1 Å². The molecule has 4 heteroatoms. The molecule has 15 heavy (non-hydrogen) atoms. The average molecular weight is 210 g/mol. The molecule has 0 aliphatic heterocycles. The standard InChI is InChI=1S/C11H21BNO2/c1-11(2,3)10(13-12-15-4)9(14)8-6-5-7-8/h8,10,13H,5-7H2,1-4H3/t10-/m1/s1.